The van der Waals surface area contributed by atoms with E-state index in [2.05, 4.69) is 0 Å². The van der Waals surface area contributed by atoms with Gasteiger partial charge in [-0.25, -0.2) is 4.79 Å². The highest BCUT2D eigenvalue weighted by Crippen LogP contribution is 2.30. The van der Waals surface area contributed by atoms with E-state index in [4.69, 9.17) is 4.74 Å². The molecule has 0 N–H and O–H groups in total. The third-order valence-electron chi connectivity index (χ3n) is 3.64. The predicted molar refractivity (Wildman–Crippen MR) is 66.4 cm³/mol. The SMILES string of the molecule is CCOC(=O)C1=CN(C)C2CCCC(C)N2C1=O. The summed E-state index contributed by atoms with van der Waals surface area (Å²) in [6.45, 7) is 4.06. The third-order valence-corrected chi connectivity index (χ3v) is 3.64. The highest BCUT2D eigenvalue weighted by atomic mass is 16.5. The van der Waals surface area contributed by atoms with Gasteiger partial charge in [0.05, 0.1) is 6.61 Å². The van der Waals surface area contributed by atoms with E-state index < -0.39 is 5.97 Å². The van der Waals surface area contributed by atoms with Crippen molar-refractivity contribution in [2.75, 3.05) is 13.7 Å². The number of nitrogens with zero attached hydrogens (tertiary/aromatic N) is 2. The summed E-state index contributed by atoms with van der Waals surface area (Å²) in [6.07, 6.45) is 4.77. The van der Waals surface area contributed by atoms with E-state index in [1.165, 1.54) is 0 Å². The second-order valence-electron chi connectivity index (χ2n) is 4.90. The van der Waals surface area contributed by atoms with Crippen LogP contribution in [0.2, 0.25) is 0 Å². The number of fused-ring (bicyclic) bond motifs is 1. The van der Waals surface area contributed by atoms with E-state index in [9.17, 15) is 9.59 Å². The molecule has 1 saturated heterocycles. The lowest BCUT2D eigenvalue weighted by Gasteiger charge is -2.47. The minimum Gasteiger partial charge on any atom is -0.462 e. The van der Waals surface area contributed by atoms with Crippen molar-refractivity contribution in [1.29, 1.82) is 0 Å². The second kappa shape index (κ2) is 5.00. The minimum atomic E-state index is -0.523. The number of esters is 1. The Bertz CT molecular complexity index is 392. The monoisotopic (exact) mass is 252 g/mol. The number of ether oxygens (including phenoxy) is 1. The Balaban J connectivity index is 2.28. The maximum atomic E-state index is 12.4. The van der Waals surface area contributed by atoms with Crippen LogP contribution in [0.5, 0.6) is 0 Å². The van der Waals surface area contributed by atoms with E-state index in [1.54, 1.807) is 13.1 Å². The first-order valence-electron chi connectivity index (χ1n) is 6.49. The topological polar surface area (TPSA) is 49.9 Å². The summed E-state index contributed by atoms with van der Waals surface area (Å²) in [4.78, 5) is 27.9. The Labute approximate surface area is 107 Å². The van der Waals surface area contributed by atoms with Crippen LogP contribution in [0.1, 0.15) is 33.1 Å². The molecule has 2 unspecified atom stereocenters. The van der Waals surface area contributed by atoms with Gasteiger partial charge >= 0.3 is 5.97 Å². The van der Waals surface area contributed by atoms with Gasteiger partial charge in [-0.2, -0.15) is 0 Å². The van der Waals surface area contributed by atoms with Gasteiger partial charge in [0, 0.05) is 19.3 Å². The first-order valence-corrected chi connectivity index (χ1v) is 6.49. The van der Waals surface area contributed by atoms with Crippen molar-refractivity contribution in [1.82, 2.24) is 9.80 Å². The molecule has 1 amide bonds. The summed E-state index contributed by atoms with van der Waals surface area (Å²) in [5.74, 6) is -0.714. The molecule has 0 bridgehead atoms. The molecule has 0 aromatic carbocycles. The third kappa shape index (κ3) is 2.09. The van der Waals surface area contributed by atoms with Gasteiger partial charge in [0.2, 0.25) is 0 Å². The van der Waals surface area contributed by atoms with Crippen LogP contribution < -0.4 is 0 Å². The zero-order valence-electron chi connectivity index (χ0n) is 11.2. The van der Waals surface area contributed by atoms with Crippen molar-refractivity contribution in [3.8, 4) is 0 Å². The van der Waals surface area contributed by atoms with E-state index in [-0.39, 0.29) is 30.3 Å². The highest BCUT2D eigenvalue weighted by molar-refractivity contribution is 6.16. The lowest BCUT2D eigenvalue weighted by atomic mass is 9.97. The van der Waals surface area contributed by atoms with Crippen molar-refractivity contribution in [2.24, 2.45) is 0 Å². The number of rotatable bonds is 2. The molecule has 2 heterocycles. The number of hydrogen-bond acceptors (Lipinski definition) is 4. The van der Waals surface area contributed by atoms with Crippen LogP contribution in [0.3, 0.4) is 0 Å². The zero-order valence-corrected chi connectivity index (χ0v) is 11.2. The maximum absolute atomic E-state index is 12.4. The summed E-state index contributed by atoms with van der Waals surface area (Å²) in [6, 6.07) is 0.178. The van der Waals surface area contributed by atoms with Gasteiger partial charge < -0.3 is 14.5 Å². The average Bonchev–Trinajstić information content (AvgIpc) is 2.33. The quantitative estimate of drug-likeness (QED) is 0.545. The average molecular weight is 252 g/mol. The zero-order chi connectivity index (χ0) is 13.3. The Morgan fingerprint density at radius 1 is 1.50 bits per heavy atom. The lowest BCUT2D eigenvalue weighted by Crippen LogP contribution is -2.58. The molecule has 0 spiro atoms. The Morgan fingerprint density at radius 2 is 2.22 bits per heavy atom. The smallest absolute Gasteiger partial charge is 0.345 e. The van der Waals surface area contributed by atoms with Gasteiger partial charge in [-0.3, -0.25) is 4.79 Å². The van der Waals surface area contributed by atoms with E-state index in [0.717, 1.165) is 19.3 Å². The molecule has 18 heavy (non-hydrogen) atoms. The van der Waals surface area contributed by atoms with Crippen molar-refractivity contribution < 1.29 is 14.3 Å². The van der Waals surface area contributed by atoms with Crippen LogP contribution in [0, 0.1) is 0 Å². The van der Waals surface area contributed by atoms with Crippen molar-refractivity contribution in [3.05, 3.63) is 11.8 Å². The Hall–Kier alpha value is -1.52. The van der Waals surface area contributed by atoms with Gasteiger partial charge in [0.25, 0.3) is 5.91 Å². The molecule has 5 nitrogen and oxygen atoms in total. The molecular formula is C13H20N2O3. The molecule has 1 fully saturated rings. The molecular weight excluding hydrogens is 232 g/mol. The van der Waals surface area contributed by atoms with Gasteiger partial charge in [-0.1, -0.05) is 0 Å². The Kier molecular flexibility index (Phi) is 3.59. The number of piperidine rings is 1. The highest BCUT2D eigenvalue weighted by Gasteiger charge is 2.40. The molecule has 2 aliphatic rings. The second-order valence-corrected chi connectivity index (χ2v) is 4.90. The largest absolute Gasteiger partial charge is 0.462 e. The summed E-state index contributed by atoms with van der Waals surface area (Å²) >= 11 is 0. The van der Waals surface area contributed by atoms with Gasteiger partial charge in [0.1, 0.15) is 11.7 Å². The van der Waals surface area contributed by atoms with Crippen LogP contribution in [0.25, 0.3) is 0 Å². The molecule has 0 aromatic heterocycles. The van der Waals surface area contributed by atoms with Crippen LogP contribution in [-0.4, -0.2) is 47.5 Å². The normalized spacial score (nSPS) is 27.7. The summed E-state index contributed by atoms with van der Waals surface area (Å²) in [7, 11) is 1.90. The molecule has 0 aromatic rings. The van der Waals surface area contributed by atoms with Gasteiger partial charge in [0.15, 0.2) is 0 Å². The summed E-state index contributed by atoms with van der Waals surface area (Å²) in [5.41, 5.74) is 0.143. The number of amides is 1. The fourth-order valence-electron chi connectivity index (χ4n) is 2.74. The molecule has 100 valence electrons. The molecule has 2 atom stereocenters. The number of carbonyl (C=O) groups is 2. The Morgan fingerprint density at radius 3 is 2.89 bits per heavy atom. The molecule has 2 aliphatic heterocycles. The van der Waals surface area contributed by atoms with Crippen LogP contribution in [0.15, 0.2) is 11.8 Å². The number of carbonyl (C=O) groups excluding carboxylic acids is 2. The first-order chi connectivity index (χ1) is 8.56. The van der Waals surface area contributed by atoms with Crippen molar-refractivity contribution in [3.63, 3.8) is 0 Å². The standard InChI is InChI=1S/C13H20N2O3/c1-4-18-13(17)10-8-14(3)11-7-5-6-9(2)15(11)12(10)16/h8-9,11H,4-7H2,1-3H3. The van der Waals surface area contributed by atoms with E-state index in [0.29, 0.717) is 0 Å². The van der Waals surface area contributed by atoms with Crippen LogP contribution in [0.4, 0.5) is 0 Å². The van der Waals surface area contributed by atoms with E-state index in [1.807, 2.05) is 23.8 Å². The lowest BCUT2D eigenvalue weighted by molar-refractivity contribution is -0.148. The number of hydrogen-bond donors (Lipinski definition) is 0. The maximum Gasteiger partial charge on any atom is 0.345 e. The molecule has 5 heteroatoms. The first kappa shape index (κ1) is 12.9. The molecule has 2 rings (SSSR count). The molecule has 0 aliphatic carbocycles. The van der Waals surface area contributed by atoms with Crippen molar-refractivity contribution in [2.45, 2.75) is 45.3 Å². The van der Waals surface area contributed by atoms with Gasteiger partial charge in [-0.15, -0.1) is 0 Å². The van der Waals surface area contributed by atoms with Gasteiger partial charge in [-0.05, 0) is 33.1 Å². The van der Waals surface area contributed by atoms with Crippen molar-refractivity contribution >= 4 is 11.9 Å². The van der Waals surface area contributed by atoms with Crippen LogP contribution >= 0.6 is 0 Å². The molecule has 0 saturated carbocycles. The van der Waals surface area contributed by atoms with E-state index >= 15 is 0 Å². The fraction of sp³-hybridized carbons (Fsp3) is 0.692. The summed E-state index contributed by atoms with van der Waals surface area (Å²) in [5, 5.41) is 0. The molecule has 0 radical (unpaired) electrons. The summed E-state index contributed by atoms with van der Waals surface area (Å²) < 4.78 is 4.93. The fourth-order valence-corrected chi connectivity index (χ4v) is 2.74. The van der Waals surface area contributed by atoms with Crippen LogP contribution in [-0.2, 0) is 14.3 Å². The predicted octanol–water partition coefficient (Wildman–Crippen LogP) is 1.11. The minimum absolute atomic E-state index is 0.0828.